The van der Waals surface area contributed by atoms with Gasteiger partial charge in [-0.2, -0.15) is 10.1 Å². The molecule has 3 aromatic rings. The first-order valence-electron chi connectivity index (χ1n) is 8.17. The number of amides is 1. The average Bonchev–Trinajstić information content (AvgIpc) is 3.03. The Morgan fingerprint density at radius 2 is 1.93 bits per heavy atom. The number of nitrogens with two attached hydrogens (primary N) is 1. The zero-order valence-electron chi connectivity index (χ0n) is 15.4. The van der Waals surface area contributed by atoms with Crippen molar-refractivity contribution in [1.82, 2.24) is 19.6 Å². The van der Waals surface area contributed by atoms with Crippen LogP contribution in [0.2, 0.25) is 0 Å². The van der Waals surface area contributed by atoms with Crippen LogP contribution in [0.4, 0.5) is 5.69 Å². The van der Waals surface area contributed by atoms with E-state index in [4.69, 9.17) is 5.14 Å². The van der Waals surface area contributed by atoms with E-state index in [1.54, 1.807) is 25.3 Å². The minimum atomic E-state index is -3.87. The van der Waals surface area contributed by atoms with E-state index in [0.29, 0.717) is 17.2 Å². The normalized spacial score (nSPS) is 11.7. The van der Waals surface area contributed by atoms with Crippen LogP contribution in [-0.4, -0.2) is 33.9 Å². The maximum atomic E-state index is 12.6. The molecule has 0 fully saturated rings. The van der Waals surface area contributed by atoms with Crippen molar-refractivity contribution in [2.24, 2.45) is 5.14 Å². The first-order valence-corrected chi connectivity index (χ1v) is 9.72. The predicted octanol–water partition coefficient (Wildman–Crippen LogP) is 1.19. The summed E-state index contributed by atoms with van der Waals surface area (Å²) in [5, 5.41) is 12.1. The van der Waals surface area contributed by atoms with Crippen molar-refractivity contribution in [1.29, 1.82) is 0 Å². The molecule has 142 valence electrons. The summed E-state index contributed by atoms with van der Waals surface area (Å²) in [6.45, 7) is 7.21. The van der Waals surface area contributed by atoms with Gasteiger partial charge in [-0.3, -0.25) is 4.79 Å². The number of nitrogens with zero attached hydrogens (tertiary/aromatic N) is 4. The highest BCUT2D eigenvalue weighted by Gasteiger charge is 2.17. The molecule has 27 heavy (non-hydrogen) atoms. The summed E-state index contributed by atoms with van der Waals surface area (Å²) in [4.78, 5) is 21.0. The summed E-state index contributed by atoms with van der Waals surface area (Å²) >= 11 is 0. The lowest BCUT2D eigenvalue weighted by Crippen LogP contribution is -2.19. The van der Waals surface area contributed by atoms with Crippen molar-refractivity contribution in [3.63, 3.8) is 0 Å². The third-order valence-electron chi connectivity index (χ3n) is 4.57. The van der Waals surface area contributed by atoms with E-state index in [-0.39, 0.29) is 17.2 Å². The van der Waals surface area contributed by atoms with Crippen molar-refractivity contribution >= 4 is 27.4 Å². The number of aromatic nitrogens is 4. The first kappa shape index (κ1) is 18.9. The molecule has 3 N–H and O–H groups in total. The average molecular weight is 388 g/mol. The topological polar surface area (TPSA) is 132 Å². The Kier molecular flexibility index (Phi) is 4.70. The molecular weight excluding hydrogens is 368 g/mol. The molecule has 0 saturated carbocycles. The van der Waals surface area contributed by atoms with Gasteiger partial charge < -0.3 is 5.32 Å². The molecule has 0 bridgehead atoms. The van der Waals surface area contributed by atoms with E-state index < -0.39 is 10.0 Å². The monoisotopic (exact) mass is 388 g/mol. The van der Waals surface area contributed by atoms with Gasteiger partial charge in [-0.25, -0.2) is 23.1 Å². The predicted molar refractivity (Wildman–Crippen MR) is 99.9 cm³/mol. The van der Waals surface area contributed by atoms with Crippen LogP contribution < -0.4 is 10.5 Å². The largest absolute Gasteiger partial charge is 0.326 e. The highest BCUT2D eigenvalue weighted by atomic mass is 32.2. The smallest absolute Gasteiger partial charge is 0.252 e. The molecule has 3 rings (SSSR count). The Hall–Kier alpha value is -2.85. The van der Waals surface area contributed by atoms with Gasteiger partial charge in [0.1, 0.15) is 6.33 Å². The summed E-state index contributed by atoms with van der Waals surface area (Å²) in [6.07, 6.45) is 1.47. The molecule has 0 aliphatic carbocycles. The van der Waals surface area contributed by atoms with Gasteiger partial charge in [0.15, 0.2) is 0 Å². The van der Waals surface area contributed by atoms with E-state index in [9.17, 15) is 13.2 Å². The number of carbonyl (C=O) groups excluding carboxylic acids is 1. The second-order valence-electron chi connectivity index (χ2n) is 6.42. The van der Waals surface area contributed by atoms with Crippen molar-refractivity contribution in [3.05, 3.63) is 46.5 Å². The minimum Gasteiger partial charge on any atom is -0.326 e. The maximum Gasteiger partial charge on any atom is 0.252 e. The fraction of sp³-hybridized carbons (Fsp3) is 0.294. The minimum absolute atomic E-state index is 0.0426. The Bertz CT molecular complexity index is 1170. The molecule has 0 unspecified atom stereocenters. The number of benzene rings is 1. The lowest BCUT2D eigenvalue weighted by atomic mass is 10.1. The number of fused-ring (bicyclic) bond motifs is 1. The van der Waals surface area contributed by atoms with E-state index in [1.165, 1.54) is 18.5 Å². The van der Waals surface area contributed by atoms with Gasteiger partial charge in [-0.1, -0.05) is 0 Å². The lowest BCUT2D eigenvalue weighted by Gasteiger charge is -2.14. The summed E-state index contributed by atoms with van der Waals surface area (Å²) in [7, 11) is -3.87. The fourth-order valence-electron chi connectivity index (χ4n) is 2.89. The molecule has 0 saturated heterocycles. The molecule has 0 radical (unpaired) electrons. The molecular formula is C17H20N6O3S. The quantitative estimate of drug-likeness (QED) is 0.690. The number of rotatable bonds is 4. The molecule has 0 aliphatic rings. The van der Waals surface area contributed by atoms with Crippen molar-refractivity contribution in [2.75, 3.05) is 5.32 Å². The van der Waals surface area contributed by atoms with Gasteiger partial charge >= 0.3 is 0 Å². The number of aryl methyl sites for hydroxylation is 3. The van der Waals surface area contributed by atoms with Crippen LogP contribution in [0.5, 0.6) is 0 Å². The third-order valence-corrected chi connectivity index (χ3v) is 5.46. The fourth-order valence-corrected chi connectivity index (χ4v) is 3.51. The highest BCUT2D eigenvalue weighted by molar-refractivity contribution is 7.89. The van der Waals surface area contributed by atoms with Crippen LogP contribution in [0.1, 0.15) is 28.1 Å². The number of anilines is 1. The van der Waals surface area contributed by atoms with Crippen LogP contribution >= 0.6 is 0 Å². The lowest BCUT2D eigenvalue weighted by molar-refractivity contribution is -0.115. The van der Waals surface area contributed by atoms with E-state index in [0.717, 1.165) is 22.4 Å². The van der Waals surface area contributed by atoms with Crippen LogP contribution in [0.3, 0.4) is 0 Å². The molecule has 10 heteroatoms. The summed E-state index contributed by atoms with van der Waals surface area (Å²) < 4.78 is 24.9. The number of nitrogens with one attached hydrogen (secondary N) is 1. The Morgan fingerprint density at radius 1 is 1.22 bits per heavy atom. The van der Waals surface area contributed by atoms with Gasteiger partial charge in [-0.05, 0) is 51.0 Å². The van der Waals surface area contributed by atoms with E-state index >= 15 is 0 Å². The summed E-state index contributed by atoms with van der Waals surface area (Å²) in [6, 6.07) is 2.85. The first-order chi connectivity index (χ1) is 12.6. The number of sulfonamides is 1. The standard InChI is InChI=1S/C17H20N6O3S/c1-9-5-13(27(18,25)26)6-15(10(9)2)22-16(24)7-14-11(3)21-17-19-8-20-23(17)12(14)4/h5-6,8H,7H2,1-4H3,(H,22,24)(H2,18,25,26). The summed E-state index contributed by atoms with van der Waals surface area (Å²) in [5.41, 5.74) is 4.10. The van der Waals surface area contributed by atoms with Crippen molar-refractivity contribution in [3.8, 4) is 0 Å². The van der Waals surface area contributed by atoms with E-state index in [2.05, 4.69) is 20.4 Å². The number of carbonyl (C=O) groups is 1. The van der Waals surface area contributed by atoms with Gasteiger partial charge in [0.25, 0.3) is 5.78 Å². The van der Waals surface area contributed by atoms with Gasteiger partial charge in [0.2, 0.25) is 15.9 Å². The molecule has 2 aromatic heterocycles. The maximum absolute atomic E-state index is 12.6. The van der Waals surface area contributed by atoms with Crippen molar-refractivity contribution < 1.29 is 13.2 Å². The molecule has 1 aromatic carbocycles. The highest BCUT2D eigenvalue weighted by Crippen LogP contribution is 2.24. The van der Waals surface area contributed by atoms with Gasteiger partial charge in [0.05, 0.1) is 11.3 Å². The number of hydrogen-bond acceptors (Lipinski definition) is 6. The third kappa shape index (κ3) is 3.67. The van der Waals surface area contributed by atoms with E-state index in [1.807, 2.05) is 6.92 Å². The second-order valence-corrected chi connectivity index (χ2v) is 7.98. The van der Waals surface area contributed by atoms with Crippen LogP contribution in [0, 0.1) is 27.7 Å². The SMILES string of the molecule is Cc1cc(S(N)(=O)=O)cc(NC(=O)Cc2c(C)nc3ncnn3c2C)c1C. The molecule has 0 atom stereocenters. The van der Waals surface area contributed by atoms with Gasteiger partial charge in [-0.15, -0.1) is 0 Å². The second kappa shape index (κ2) is 6.71. The molecule has 1 amide bonds. The Balaban J connectivity index is 1.92. The Labute approximate surface area is 156 Å². The zero-order valence-corrected chi connectivity index (χ0v) is 16.3. The number of hydrogen-bond donors (Lipinski definition) is 2. The zero-order chi connectivity index (χ0) is 19.9. The van der Waals surface area contributed by atoms with Crippen LogP contribution in [0.15, 0.2) is 23.4 Å². The van der Waals surface area contributed by atoms with Gasteiger partial charge in [0, 0.05) is 22.6 Å². The summed E-state index contributed by atoms with van der Waals surface area (Å²) in [5.74, 6) is 0.179. The Morgan fingerprint density at radius 3 is 2.59 bits per heavy atom. The molecule has 0 aliphatic heterocycles. The molecule has 0 spiro atoms. The van der Waals surface area contributed by atoms with Crippen LogP contribution in [0.25, 0.3) is 5.78 Å². The molecule has 2 heterocycles. The molecule has 9 nitrogen and oxygen atoms in total. The van der Waals surface area contributed by atoms with Crippen LogP contribution in [-0.2, 0) is 21.2 Å². The number of primary sulfonamides is 1. The van der Waals surface area contributed by atoms with Crippen molar-refractivity contribution in [2.45, 2.75) is 39.0 Å².